The third kappa shape index (κ3) is 2.25. The van der Waals surface area contributed by atoms with Gasteiger partial charge in [-0.2, -0.15) is 10.4 Å². The molecule has 0 saturated heterocycles. The number of rotatable bonds is 4. The van der Waals surface area contributed by atoms with Crippen molar-refractivity contribution >= 4 is 0 Å². The fourth-order valence-corrected chi connectivity index (χ4v) is 1.05. The zero-order chi connectivity index (χ0) is 9.68. The quantitative estimate of drug-likeness (QED) is 0.704. The van der Waals surface area contributed by atoms with Crippen molar-refractivity contribution in [3.8, 4) is 6.07 Å². The van der Waals surface area contributed by atoms with Crippen LogP contribution in [-0.2, 0) is 6.54 Å². The number of alkyl halides is 1. The number of halogens is 1. The first kappa shape index (κ1) is 9.65. The summed E-state index contributed by atoms with van der Waals surface area (Å²) in [5, 5.41) is 12.6. The summed E-state index contributed by atoms with van der Waals surface area (Å²) < 4.78 is 13.5. The minimum Gasteiger partial charge on any atom is -0.251 e. The molecular weight excluding hydrogens is 171 g/mol. The highest BCUT2D eigenvalue weighted by Gasteiger charge is 2.11. The highest BCUT2D eigenvalue weighted by molar-refractivity contribution is 5.05. The third-order valence-electron chi connectivity index (χ3n) is 1.73. The summed E-state index contributed by atoms with van der Waals surface area (Å²) >= 11 is 0. The molecule has 1 aromatic rings. The van der Waals surface area contributed by atoms with E-state index in [1.54, 1.807) is 11.6 Å². The number of hydrogen-bond acceptors (Lipinski definition) is 3. The predicted molar refractivity (Wildman–Crippen MR) is 44.6 cm³/mol. The number of hydrogen-bond donors (Lipinski definition) is 0. The van der Waals surface area contributed by atoms with Gasteiger partial charge in [-0.15, -0.1) is 0 Å². The van der Waals surface area contributed by atoms with Crippen molar-refractivity contribution < 1.29 is 4.39 Å². The Labute approximate surface area is 76.0 Å². The average Bonchev–Trinajstić information content (AvgIpc) is 2.61. The first-order valence-electron chi connectivity index (χ1n) is 4.13. The van der Waals surface area contributed by atoms with Crippen LogP contribution in [0.15, 0.2) is 6.33 Å². The molecule has 0 amide bonds. The first-order chi connectivity index (χ1) is 6.29. The van der Waals surface area contributed by atoms with Crippen LogP contribution in [0.3, 0.4) is 0 Å². The van der Waals surface area contributed by atoms with E-state index in [4.69, 9.17) is 5.26 Å². The second-order valence-electron chi connectivity index (χ2n) is 2.73. The van der Waals surface area contributed by atoms with Crippen molar-refractivity contribution in [1.29, 1.82) is 5.26 Å². The maximum absolute atomic E-state index is 11.9. The molecule has 1 atom stereocenters. The van der Waals surface area contributed by atoms with Gasteiger partial charge in [0.2, 0.25) is 0 Å². The topological polar surface area (TPSA) is 54.5 Å². The lowest BCUT2D eigenvalue weighted by molar-refractivity contribution is 0.428. The maximum atomic E-state index is 11.9. The van der Waals surface area contributed by atoms with E-state index in [-0.39, 0.29) is 12.6 Å². The average molecular weight is 182 g/mol. The monoisotopic (exact) mass is 182 g/mol. The number of nitriles is 1. The van der Waals surface area contributed by atoms with Crippen LogP contribution in [0.4, 0.5) is 4.39 Å². The van der Waals surface area contributed by atoms with E-state index in [0.29, 0.717) is 18.8 Å². The summed E-state index contributed by atoms with van der Waals surface area (Å²) in [6.07, 6.45) is 1.80. The highest BCUT2D eigenvalue weighted by Crippen LogP contribution is 2.10. The number of aryl methyl sites for hydroxylation is 1. The normalized spacial score (nSPS) is 12.4. The van der Waals surface area contributed by atoms with Gasteiger partial charge in [0.25, 0.3) is 0 Å². The maximum Gasteiger partial charge on any atom is 0.143 e. The van der Waals surface area contributed by atoms with Crippen molar-refractivity contribution in [3.63, 3.8) is 0 Å². The Morgan fingerprint density at radius 3 is 3.15 bits per heavy atom. The second kappa shape index (κ2) is 4.55. The molecule has 5 heteroatoms. The molecule has 1 heterocycles. The van der Waals surface area contributed by atoms with E-state index >= 15 is 0 Å². The zero-order valence-corrected chi connectivity index (χ0v) is 7.44. The summed E-state index contributed by atoms with van der Waals surface area (Å²) in [6, 6.07) is 2.07. The zero-order valence-electron chi connectivity index (χ0n) is 7.44. The Balaban J connectivity index is 2.72. The molecule has 13 heavy (non-hydrogen) atoms. The van der Waals surface area contributed by atoms with Gasteiger partial charge in [0.05, 0.1) is 12.7 Å². The van der Waals surface area contributed by atoms with E-state index in [1.165, 1.54) is 6.33 Å². The molecule has 1 aromatic heterocycles. The van der Waals surface area contributed by atoms with Gasteiger partial charge in [-0.25, -0.2) is 9.67 Å². The van der Waals surface area contributed by atoms with Crippen LogP contribution in [-0.4, -0.2) is 21.4 Å². The molecule has 0 radical (unpaired) electrons. The van der Waals surface area contributed by atoms with E-state index in [1.807, 2.05) is 0 Å². The molecule has 0 aromatic carbocycles. The highest BCUT2D eigenvalue weighted by atomic mass is 19.1. The molecule has 4 nitrogen and oxygen atoms in total. The number of nitrogens with zero attached hydrogens (tertiary/aromatic N) is 4. The molecule has 0 aliphatic rings. The van der Waals surface area contributed by atoms with Crippen molar-refractivity contribution in [2.24, 2.45) is 0 Å². The molecule has 0 spiro atoms. The van der Waals surface area contributed by atoms with Crippen LogP contribution in [0.1, 0.15) is 25.1 Å². The smallest absolute Gasteiger partial charge is 0.143 e. The summed E-state index contributed by atoms with van der Waals surface area (Å²) in [5.74, 6) is 0.318. The summed E-state index contributed by atoms with van der Waals surface area (Å²) in [6.45, 7) is 1.86. The van der Waals surface area contributed by atoms with Crippen molar-refractivity contribution in [3.05, 3.63) is 12.2 Å². The van der Waals surface area contributed by atoms with Crippen molar-refractivity contribution in [2.75, 3.05) is 6.67 Å². The number of aromatic nitrogens is 3. The first-order valence-corrected chi connectivity index (χ1v) is 4.13. The lowest BCUT2D eigenvalue weighted by atomic mass is 10.2. The van der Waals surface area contributed by atoms with Gasteiger partial charge in [-0.05, 0) is 13.3 Å². The summed E-state index contributed by atoms with van der Waals surface area (Å²) in [5.41, 5.74) is 0. The predicted octanol–water partition coefficient (Wildman–Crippen LogP) is 1.26. The molecule has 0 fully saturated rings. The molecule has 0 bridgehead atoms. The fourth-order valence-electron chi connectivity index (χ4n) is 1.05. The molecule has 0 saturated carbocycles. The van der Waals surface area contributed by atoms with Gasteiger partial charge in [-0.1, -0.05) is 0 Å². The Morgan fingerprint density at radius 1 is 1.77 bits per heavy atom. The van der Waals surface area contributed by atoms with E-state index in [9.17, 15) is 4.39 Å². The lowest BCUT2D eigenvalue weighted by Gasteiger charge is -2.04. The SMILES string of the molecule is CC(C#N)c1ncnn1CCCF. The van der Waals surface area contributed by atoms with Gasteiger partial charge >= 0.3 is 0 Å². The molecule has 0 N–H and O–H groups in total. The van der Waals surface area contributed by atoms with E-state index < -0.39 is 0 Å². The van der Waals surface area contributed by atoms with Crippen LogP contribution in [0.5, 0.6) is 0 Å². The standard InChI is InChI=1S/C8H11FN4/c1-7(5-10)8-11-6-12-13(8)4-2-3-9/h6-7H,2-4H2,1H3. The van der Waals surface area contributed by atoms with Gasteiger partial charge < -0.3 is 0 Å². The molecule has 1 rings (SSSR count). The second-order valence-corrected chi connectivity index (χ2v) is 2.73. The van der Waals surface area contributed by atoms with Gasteiger partial charge in [0.1, 0.15) is 18.1 Å². The third-order valence-corrected chi connectivity index (χ3v) is 1.73. The van der Waals surface area contributed by atoms with Crippen LogP contribution in [0, 0.1) is 11.3 Å². The van der Waals surface area contributed by atoms with Gasteiger partial charge in [0, 0.05) is 6.54 Å². The largest absolute Gasteiger partial charge is 0.251 e. The Morgan fingerprint density at radius 2 is 2.54 bits per heavy atom. The minimum atomic E-state index is -0.375. The Kier molecular flexibility index (Phi) is 3.38. The van der Waals surface area contributed by atoms with Crippen molar-refractivity contribution in [2.45, 2.75) is 25.8 Å². The van der Waals surface area contributed by atoms with Gasteiger partial charge in [0.15, 0.2) is 0 Å². The van der Waals surface area contributed by atoms with Crippen LogP contribution in [0.25, 0.3) is 0 Å². The van der Waals surface area contributed by atoms with Gasteiger partial charge in [-0.3, -0.25) is 4.39 Å². The summed E-state index contributed by atoms with van der Waals surface area (Å²) in [7, 11) is 0. The fraction of sp³-hybridized carbons (Fsp3) is 0.625. The van der Waals surface area contributed by atoms with Crippen LogP contribution < -0.4 is 0 Å². The van der Waals surface area contributed by atoms with E-state index in [2.05, 4.69) is 16.2 Å². The molecule has 0 aliphatic heterocycles. The van der Waals surface area contributed by atoms with Crippen molar-refractivity contribution in [1.82, 2.24) is 14.8 Å². The Hall–Kier alpha value is -1.44. The minimum absolute atomic E-state index is 0.290. The molecular formula is C8H11FN4. The van der Waals surface area contributed by atoms with Crippen LogP contribution in [0.2, 0.25) is 0 Å². The molecule has 1 unspecified atom stereocenters. The summed E-state index contributed by atoms with van der Waals surface area (Å²) in [4.78, 5) is 3.95. The lowest BCUT2D eigenvalue weighted by Crippen LogP contribution is -2.08. The van der Waals surface area contributed by atoms with E-state index in [0.717, 1.165) is 0 Å². The Bertz CT molecular complexity index is 301. The molecule has 0 aliphatic carbocycles. The molecule has 70 valence electrons. The van der Waals surface area contributed by atoms with Crippen LogP contribution >= 0.6 is 0 Å².